The Morgan fingerprint density at radius 3 is 3.00 bits per heavy atom. The highest BCUT2D eigenvalue weighted by Gasteiger charge is 2.43. The molecule has 1 aromatic rings. The highest BCUT2D eigenvalue weighted by Crippen LogP contribution is 2.47. The predicted octanol–water partition coefficient (Wildman–Crippen LogP) is 2.96. The normalized spacial score (nSPS) is 27.7. The summed E-state index contributed by atoms with van der Waals surface area (Å²) in [6.45, 7) is -0.191. The van der Waals surface area contributed by atoms with Crippen molar-refractivity contribution in [3.63, 3.8) is 0 Å². The molecule has 4 atom stereocenters. The van der Waals surface area contributed by atoms with Gasteiger partial charge in [0.25, 0.3) is 0 Å². The van der Waals surface area contributed by atoms with Gasteiger partial charge in [-0.3, -0.25) is 0 Å². The lowest BCUT2D eigenvalue weighted by Crippen LogP contribution is -2.21. The van der Waals surface area contributed by atoms with Gasteiger partial charge in [-0.1, -0.05) is 6.07 Å². The quantitative estimate of drug-likeness (QED) is 0.739. The Labute approximate surface area is 156 Å². The van der Waals surface area contributed by atoms with Gasteiger partial charge >= 0.3 is 5.97 Å². The molecule has 1 aromatic carbocycles. The van der Waals surface area contributed by atoms with Gasteiger partial charge < -0.3 is 14.9 Å². The summed E-state index contributed by atoms with van der Waals surface area (Å²) in [6.07, 6.45) is 1.92. The molecule has 7 heteroatoms. The van der Waals surface area contributed by atoms with E-state index in [4.69, 9.17) is 9.84 Å². The molecule has 1 fully saturated rings. The molecule has 2 N–H and O–H groups in total. The molecular weight excluding hydrogens is 357 g/mol. The minimum Gasteiger partial charge on any atom is -0.480 e. The van der Waals surface area contributed by atoms with Gasteiger partial charge in [-0.05, 0) is 54.5 Å². The summed E-state index contributed by atoms with van der Waals surface area (Å²) < 4.78 is 19.7. The third kappa shape index (κ3) is 4.03. The van der Waals surface area contributed by atoms with Crippen molar-refractivity contribution >= 4 is 17.7 Å². The minimum absolute atomic E-state index is 0.183. The fraction of sp³-hybridized carbons (Fsp3) is 0.579. The number of benzene rings is 1. The number of hydrogen-bond donors (Lipinski definition) is 2. The van der Waals surface area contributed by atoms with Crippen LogP contribution in [0.15, 0.2) is 17.0 Å². The topological polar surface area (TPSA) is 90.5 Å². The van der Waals surface area contributed by atoms with Crippen LogP contribution >= 0.6 is 11.8 Å². The Bertz CT molecular complexity index is 720. The first-order valence-corrected chi connectivity index (χ1v) is 9.82. The smallest absolute Gasteiger partial charge is 0.329 e. The van der Waals surface area contributed by atoms with Gasteiger partial charge in [0.1, 0.15) is 12.4 Å². The van der Waals surface area contributed by atoms with E-state index in [-0.39, 0.29) is 36.8 Å². The van der Waals surface area contributed by atoms with E-state index in [0.29, 0.717) is 17.7 Å². The molecule has 0 aromatic heterocycles. The lowest BCUT2D eigenvalue weighted by Gasteiger charge is -2.26. The number of ether oxygens (including phenoxy) is 1. The molecule has 3 rings (SSSR count). The molecule has 5 nitrogen and oxygen atoms in total. The number of fused-ring (bicyclic) bond motifs is 1. The standard InChI is InChI=1S/C19H22FNO4S/c20-15-7-12(6-11-2-1-5-26-19(11)15)18-14(3-4-25-10-17(23)24)13(9-21)8-16(18)22/h6-7,13-14,16,18,22H,1-5,8,10H2,(H,23,24)/t13-,14?,16+,18?/m0/s1. The zero-order valence-corrected chi connectivity index (χ0v) is 15.2. The summed E-state index contributed by atoms with van der Waals surface area (Å²) in [5.74, 6) is -1.25. The summed E-state index contributed by atoms with van der Waals surface area (Å²) >= 11 is 1.53. The summed E-state index contributed by atoms with van der Waals surface area (Å²) in [7, 11) is 0. The van der Waals surface area contributed by atoms with Crippen molar-refractivity contribution in [2.45, 2.75) is 42.6 Å². The minimum atomic E-state index is -1.04. The molecule has 2 unspecified atom stereocenters. The van der Waals surface area contributed by atoms with Gasteiger partial charge in [-0.15, -0.1) is 11.8 Å². The molecule has 2 aliphatic rings. The molecule has 1 heterocycles. The lowest BCUT2D eigenvalue weighted by molar-refractivity contribution is -0.142. The van der Waals surface area contributed by atoms with Crippen LogP contribution in [0.3, 0.4) is 0 Å². The van der Waals surface area contributed by atoms with Crippen LogP contribution < -0.4 is 0 Å². The number of rotatable bonds is 6. The number of aliphatic hydroxyl groups is 1. The van der Waals surface area contributed by atoms with Crippen LogP contribution in [0.4, 0.5) is 4.39 Å². The van der Waals surface area contributed by atoms with Crippen LogP contribution in [0.1, 0.15) is 36.3 Å². The van der Waals surface area contributed by atoms with Gasteiger partial charge in [0.05, 0.1) is 18.1 Å². The van der Waals surface area contributed by atoms with Gasteiger partial charge in [-0.2, -0.15) is 5.26 Å². The predicted molar refractivity (Wildman–Crippen MR) is 94.5 cm³/mol. The van der Waals surface area contributed by atoms with E-state index in [1.54, 1.807) is 0 Å². The molecule has 1 aliphatic carbocycles. The van der Waals surface area contributed by atoms with E-state index in [2.05, 4.69) is 6.07 Å². The summed E-state index contributed by atoms with van der Waals surface area (Å²) in [5.41, 5.74) is 1.71. The average molecular weight is 379 g/mol. The molecule has 0 amide bonds. The van der Waals surface area contributed by atoms with Gasteiger partial charge in [-0.25, -0.2) is 9.18 Å². The van der Waals surface area contributed by atoms with Gasteiger partial charge in [0.2, 0.25) is 0 Å². The molecule has 140 valence electrons. The highest BCUT2D eigenvalue weighted by atomic mass is 32.2. The third-order valence-corrected chi connectivity index (χ3v) is 6.48. The Balaban J connectivity index is 1.82. The summed E-state index contributed by atoms with van der Waals surface area (Å²) in [6, 6.07) is 5.71. The number of nitrogens with zero attached hydrogens (tertiary/aromatic N) is 1. The fourth-order valence-electron chi connectivity index (χ4n) is 4.14. The SMILES string of the molecule is N#C[C@@H]1C[C@@H](O)C(c2cc(F)c3c(c2)CCCS3)C1CCOCC(=O)O. The molecule has 0 spiro atoms. The monoisotopic (exact) mass is 379 g/mol. The molecule has 1 saturated carbocycles. The maximum Gasteiger partial charge on any atom is 0.329 e. The first-order chi connectivity index (χ1) is 12.5. The highest BCUT2D eigenvalue weighted by molar-refractivity contribution is 7.99. The number of nitriles is 1. The number of thioether (sulfide) groups is 1. The Kier molecular flexibility index (Phi) is 6.17. The fourth-order valence-corrected chi connectivity index (χ4v) is 5.18. The zero-order chi connectivity index (χ0) is 18.7. The van der Waals surface area contributed by atoms with Gasteiger partial charge in [0, 0.05) is 17.4 Å². The van der Waals surface area contributed by atoms with Crippen LogP contribution in [-0.2, 0) is 16.0 Å². The molecule has 26 heavy (non-hydrogen) atoms. The number of aryl methyl sites for hydroxylation is 1. The Morgan fingerprint density at radius 1 is 1.46 bits per heavy atom. The van der Waals surface area contributed by atoms with Crippen LogP contribution in [0.2, 0.25) is 0 Å². The first kappa shape index (κ1) is 19.2. The van der Waals surface area contributed by atoms with Crippen LogP contribution in [0.25, 0.3) is 0 Å². The molecule has 0 bridgehead atoms. The van der Waals surface area contributed by atoms with Gasteiger partial charge in [0.15, 0.2) is 0 Å². The van der Waals surface area contributed by atoms with E-state index >= 15 is 0 Å². The molecule has 0 saturated heterocycles. The first-order valence-electron chi connectivity index (χ1n) is 8.83. The van der Waals surface area contributed by atoms with E-state index in [1.807, 2.05) is 6.07 Å². The Hall–Kier alpha value is -1.62. The van der Waals surface area contributed by atoms with Crippen molar-refractivity contribution in [1.29, 1.82) is 5.26 Å². The van der Waals surface area contributed by atoms with E-state index in [0.717, 1.165) is 29.7 Å². The molecule has 0 radical (unpaired) electrons. The number of hydrogen-bond acceptors (Lipinski definition) is 5. The van der Waals surface area contributed by atoms with Crippen molar-refractivity contribution in [2.75, 3.05) is 19.0 Å². The van der Waals surface area contributed by atoms with Crippen molar-refractivity contribution < 1.29 is 24.1 Å². The van der Waals surface area contributed by atoms with Crippen LogP contribution in [0.5, 0.6) is 0 Å². The van der Waals surface area contributed by atoms with Crippen molar-refractivity contribution in [2.24, 2.45) is 11.8 Å². The van der Waals surface area contributed by atoms with E-state index in [1.165, 1.54) is 17.8 Å². The second-order valence-corrected chi connectivity index (χ2v) is 8.01. The zero-order valence-electron chi connectivity index (χ0n) is 14.4. The van der Waals surface area contributed by atoms with E-state index in [9.17, 15) is 19.6 Å². The maximum atomic E-state index is 14.6. The van der Waals surface area contributed by atoms with Crippen molar-refractivity contribution in [1.82, 2.24) is 0 Å². The maximum absolute atomic E-state index is 14.6. The Morgan fingerprint density at radius 2 is 2.27 bits per heavy atom. The molecule has 1 aliphatic heterocycles. The largest absolute Gasteiger partial charge is 0.480 e. The van der Waals surface area contributed by atoms with Crippen LogP contribution in [-0.4, -0.2) is 41.3 Å². The summed E-state index contributed by atoms with van der Waals surface area (Å²) in [4.78, 5) is 11.3. The second kappa shape index (κ2) is 8.38. The van der Waals surface area contributed by atoms with Crippen LogP contribution in [0, 0.1) is 29.0 Å². The number of aliphatic hydroxyl groups excluding tert-OH is 1. The average Bonchev–Trinajstić information content (AvgIpc) is 2.94. The lowest BCUT2D eigenvalue weighted by atomic mass is 9.82. The van der Waals surface area contributed by atoms with E-state index < -0.39 is 12.1 Å². The third-order valence-electron chi connectivity index (χ3n) is 5.24. The summed E-state index contributed by atoms with van der Waals surface area (Å²) in [5, 5.41) is 28.6. The number of aliphatic carboxylic acids is 1. The number of carboxylic acid groups (broad SMARTS) is 1. The molecular formula is C19H22FNO4S. The van der Waals surface area contributed by atoms with Crippen molar-refractivity contribution in [3.05, 3.63) is 29.1 Å². The number of carbonyl (C=O) groups is 1. The number of halogens is 1. The van der Waals surface area contributed by atoms with Crippen molar-refractivity contribution in [3.8, 4) is 6.07 Å². The number of carboxylic acids is 1. The second-order valence-electron chi connectivity index (χ2n) is 6.91.